The van der Waals surface area contributed by atoms with Crippen molar-refractivity contribution in [2.24, 2.45) is 0 Å². The maximum absolute atomic E-state index is 10.6. The van der Waals surface area contributed by atoms with E-state index in [-0.39, 0.29) is 0 Å². The van der Waals surface area contributed by atoms with Gasteiger partial charge in [0.2, 0.25) is 0 Å². The third kappa shape index (κ3) is 2.16. The molecule has 0 aromatic heterocycles. The lowest BCUT2D eigenvalue weighted by Gasteiger charge is -2.36. The molecule has 2 heterocycles. The fourth-order valence-corrected chi connectivity index (χ4v) is 1.90. The number of ether oxygens (including phenoxy) is 1. The summed E-state index contributed by atoms with van der Waals surface area (Å²) in [6.45, 7) is 2.92. The molecule has 80 valence electrons. The van der Waals surface area contributed by atoms with Crippen LogP contribution in [-0.2, 0) is 4.74 Å². The maximum Gasteiger partial charge on any atom is 0.407 e. The van der Waals surface area contributed by atoms with Gasteiger partial charge in [-0.3, -0.25) is 0 Å². The highest BCUT2D eigenvalue weighted by Gasteiger charge is 2.26. The van der Waals surface area contributed by atoms with Crippen molar-refractivity contribution in [3.63, 3.8) is 0 Å². The molecule has 0 aromatic rings. The van der Waals surface area contributed by atoms with Gasteiger partial charge in [0.25, 0.3) is 0 Å². The van der Waals surface area contributed by atoms with E-state index in [4.69, 9.17) is 9.84 Å². The van der Waals surface area contributed by atoms with Gasteiger partial charge >= 0.3 is 6.09 Å². The average molecular weight is 200 g/mol. The first-order chi connectivity index (χ1) is 6.75. The highest BCUT2D eigenvalue weighted by atomic mass is 16.5. The first-order valence-corrected chi connectivity index (χ1v) is 5.07. The van der Waals surface area contributed by atoms with Crippen molar-refractivity contribution >= 4 is 6.09 Å². The predicted molar refractivity (Wildman–Crippen MR) is 50.4 cm³/mol. The van der Waals surface area contributed by atoms with Crippen LogP contribution in [-0.4, -0.2) is 54.5 Å². The van der Waals surface area contributed by atoms with Gasteiger partial charge in [0.1, 0.15) is 0 Å². The Kier molecular flexibility index (Phi) is 2.88. The largest absolute Gasteiger partial charge is 0.465 e. The monoisotopic (exact) mass is 200 g/mol. The second-order valence-electron chi connectivity index (χ2n) is 3.94. The summed E-state index contributed by atoms with van der Waals surface area (Å²) in [7, 11) is 0. The zero-order valence-corrected chi connectivity index (χ0v) is 8.11. The molecule has 2 aliphatic heterocycles. The van der Waals surface area contributed by atoms with Gasteiger partial charge in [0.15, 0.2) is 0 Å². The molecule has 0 bridgehead atoms. The van der Waals surface area contributed by atoms with Gasteiger partial charge in [-0.25, -0.2) is 4.79 Å². The van der Waals surface area contributed by atoms with Crippen LogP contribution in [0.15, 0.2) is 0 Å². The molecule has 5 heteroatoms. The number of nitrogens with one attached hydrogen (secondary N) is 1. The summed E-state index contributed by atoms with van der Waals surface area (Å²) >= 11 is 0. The van der Waals surface area contributed by atoms with Crippen LogP contribution >= 0.6 is 0 Å². The van der Waals surface area contributed by atoms with E-state index in [1.165, 1.54) is 4.90 Å². The van der Waals surface area contributed by atoms with E-state index in [9.17, 15) is 4.79 Å². The van der Waals surface area contributed by atoms with Crippen LogP contribution in [0.1, 0.15) is 12.8 Å². The van der Waals surface area contributed by atoms with E-state index < -0.39 is 6.09 Å². The van der Waals surface area contributed by atoms with Crippen LogP contribution in [0.3, 0.4) is 0 Å². The zero-order valence-electron chi connectivity index (χ0n) is 8.11. The van der Waals surface area contributed by atoms with Crippen LogP contribution < -0.4 is 5.32 Å². The number of rotatable bonds is 2. The molecular weight excluding hydrogens is 184 g/mol. The van der Waals surface area contributed by atoms with Crippen molar-refractivity contribution in [3.8, 4) is 0 Å². The van der Waals surface area contributed by atoms with Crippen LogP contribution in [0.4, 0.5) is 4.79 Å². The van der Waals surface area contributed by atoms with E-state index >= 15 is 0 Å². The summed E-state index contributed by atoms with van der Waals surface area (Å²) in [5.41, 5.74) is 0. The van der Waals surface area contributed by atoms with Crippen molar-refractivity contribution < 1.29 is 14.6 Å². The molecule has 0 radical (unpaired) electrons. The van der Waals surface area contributed by atoms with Crippen LogP contribution in [0.25, 0.3) is 0 Å². The van der Waals surface area contributed by atoms with Crippen LogP contribution in [0, 0.1) is 0 Å². The lowest BCUT2D eigenvalue weighted by molar-refractivity contribution is -0.0132. The van der Waals surface area contributed by atoms with Gasteiger partial charge in [-0.2, -0.15) is 0 Å². The Morgan fingerprint density at radius 2 is 1.93 bits per heavy atom. The Bertz CT molecular complexity index is 210. The van der Waals surface area contributed by atoms with E-state index in [1.807, 2.05) is 0 Å². The second-order valence-corrected chi connectivity index (χ2v) is 3.94. The number of piperidine rings is 1. The number of likely N-dealkylation sites (tertiary alicyclic amines) is 1. The van der Waals surface area contributed by atoms with Gasteiger partial charge in [0, 0.05) is 19.1 Å². The fraction of sp³-hybridized carbons (Fsp3) is 0.889. The molecule has 5 nitrogen and oxygen atoms in total. The summed E-state index contributed by atoms with van der Waals surface area (Å²) in [5, 5.41) is 12.2. The van der Waals surface area contributed by atoms with Crippen molar-refractivity contribution in [3.05, 3.63) is 0 Å². The van der Waals surface area contributed by atoms with Gasteiger partial charge in [-0.15, -0.1) is 0 Å². The molecule has 2 fully saturated rings. The van der Waals surface area contributed by atoms with Crippen molar-refractivity contribution in [2.75, 3.05) is 26.3 Å². The number of hydrogen-bond acceptors (Lipinski definition) is 3. The lowest BCUT2D eigenvalue weighted by atomic mass is 10.0. The number of hydrogen-bond donors (Lipinski definition) is 2. The first-order valence-electron chi connectivity index (χ1n) is 5.07. The quantitative estimate of drug-likeness (QED) is 0.664. The zero-order chi connectivity index (χ0) is 9.97. The molecule has 0 aliphatic carbocycles. The van der Waals surface area contributed by atoms with Crippen molar-refractivity contribution in [1.82, 2.24) is 10.2 Å². The Labute approximate surface area is 83.0 Å². The third-order valence-corrected chi connectivity index (χ3v) is 2.87. The third-order valence-electron chi connectivity index (χ3n) is 2.87. The summed E-state index contributed by atoms with van der Waals surface area (Å²) in [6, 6.07) is 0.968. The summed E-state index contributed by atoms with van der Waals surface area (Å²) in [6.07, 6.45) is 1.04. The average Bonchev–Trinajstić information content (AvgIpc) is 2.12. The Hall–Kier alpha value is -0.810. The normalized spacial score (nSPS) is 24.7. The van der Waals surface area contributed by atoms with E-state index in [2.05, 4.69) is 5.32 Å². The molecule has 2 saturated heterocycles. The summed E-state index contributed by atoms with van der Waals surface area (Å²) < 4.78 is 5.07. The molecule has 0 aromatic carbocycles. The number of amides is 1. The van der Waals surface area contributed by atoms with E-state index in [0.29, 0.717) is 25.2 Å². The molecule has 14 heavy (non-hydrogen) atoms. The minimum absolute atomic E-state index is 0.472. The Morgan fingerprint density at radius 1 is 1.29 bits per heavy atom. The smallest absolute Gasteiger partial charge is 0.407 e. The minimum atomic E-state index is -0.796. The van der Waals surface area contributed by atoms with Gasteiger partial charge in [-0.1, -0.05) is 0 Å². The van der Waals surface area contributed by atoms with Gasteiger partial charge in [0.05, 0.1) is 19.3 Å². The van der Waals surface area contributed by atoms with Crippen molar-refractivity contribution in [1.29, 1.82) is 0 Å². The highest BCUT2D eigenvalue weighted by molar-refractivity contribution is 5.65. The molecule has 1 amide bonds. The molecular formula is C9H16N2O3. The predicted octanol–water partition coefficient (Wildman–Crippen LogP) is 0.117. The number of carbonyl (C=O) groups is 1. The molecule has 2 N–H and O–H groups in total. The molecule has 0 saturated carbocycles. The molecule has 0 unspecified atom stereocenters. The summed E-state index contributed by atoms with van der Waals surface area (Å²) in [4.78, 5) is 12.1. The second kappa shape index (κ2) is 4.14. The minimum Gasteiger partial charge on any atom is -0.465 e. The van der Waals surface area contributed by atoms with Gasteiger partial charge in [-0.05, 0) is 12.8 Å². The lowest BCUT2D eigenvalue weighted by Crippen LogP contribution is -2.53. The fourth-order valence-electron chi connectivity index (χ4n) is 1.90. The topological polar surface area (TPSA) is 61.8 Å². The standard InChI is InChI=1S/C9H16N2O3/c12-9(13)11-3-1-7(2-4-11)10-8-5-14-6-8/h7-8,10H,1-6H2,(H,12,13). The first kappa shape index (κ1) is 9.73. The van der Waals surface area contributed by atoms with Crippen LogP contribution in [0.2, 0.25) is 0 Å². The Morgan fingerprint density at radius 3 is 2.36 bits per heavy atom. The molecule has 2 aliphatic rings. The van der Waals surface area contributed by atoms with Crippen LogP contribution in [0.5, 0.6) is 0 Å². The maximum atomic E-state index is 10.6. The number of carboxylic acid groups (broad SMARTS) is 1. The number of nitrogens with zero attached hydrogens (tertiary/aromatic N) is 1. The highest BCUT2D eigenvalue weighted by Crippen LogP contribution is 2.12. The molecule has 2 rings (SSSR count). The molecule has 0 atom stereocenters. The SMILES string of the molecule is O=C(O)N1CCC(NC2COC2)CC1. The Balaban J connectivity index is 1.69. The molecule has 0 spiro atoms. The van der Waals surface area contributed by atoms with E-state index in [1.54, 1.807) is 0 Å². The van der Waals surface area contributed by atoms with E-state index in [0.717, 1.165) is 26.1 Å². The summed E-state index contributed by atoms with van der Waals surface area (Å²) in [5.74, 6) is 0. The van der Waals surface area contributed by atoms with Crippen molar-refractivity contribution in [2.45, 2.75) is 24.9 Å². The van der Waals surface area contributed by atoms with Gasteiger partial charge < -0.3 is 20.1 Å².